The van der Waals surface area contributed by atoms with Crippen LogP contribution < -0.4 is 14.8 Å². The number of hydrogen-bond donors (Lipinski definition) is 2. The molecular weight excluding hydrogens is 332 g/mol. The molecule has 1 saturated heterocycles. The molecule has 1 unspecified atom stereocenters. The van der Waals surface area contributed by atoms with Crippen molar-refractivity contribution in [2.24, 2.45) is 0 Å². The minimum Gasteiger partial charge on any atom is -0.493 e. The molecule has 1 fully saturated rings. The van der Waals surface area contributed by atoms with E-state index in [9.17, 15) is 4.79 Å². The summed E-state index contributed by atoms with van der Waals surface area (Å²) < 4.78 is 10.7. The predicted molar refractivity (Wildman–Crippen MR) is 99.8 cm³/mol. The first-order valence-electron chi connectivity index (χ1n) is 8.81. The first-order valence-corrected chi connectivity index (χ1v) is 8.81. The van der Waals surface area contributed by atoms with Crippen molar-refractivity contribution in [1.82, 2.24) is 15.1 Å². The topological polar surface area (TPSA) is 79.5 Å². The molecule has 26 heavy (non-hydrogen) atoms. The number of aromatic amines is 1. The Labute approximate surface area is 153 Å². The van der Waals surface area contributed by atoms with Gasteiger partial charge in [0.15, 0.2) is 11.5 Å². The summed E-state index contributed by atoms with van der Waals surface area (Å²) in [5.74, 6) is 1.40. The fraction of sp³-hybridized carbons (Fsp3) is 0.474. The van der Waals surface area contributed by atoms with Crippen molar-refractivity contribution in [3.63, 3.8) is 0 Å². The molecule has 140 valence electrons. The van der Waals surface area contributed by atoms with Crippen molar-refractivity contribution >= 4 is 11.6 Å². The average Bonchev–Trinajstić information content (AvgIpc) is 3.22. The van der Waals surface area contributed by atoms with Gasteiger partial charge in [-0.2, -0.15) is 5.10 Å². The number of nitrogens with one attached hydrogen (secondary N) is 2. The van der Waals surface area contributed by atoms with Gasteiger partial charge >= 0.3 is 0 Å². The summed E-state index contributed by atoms with van der Waals surface area (Å²) >= 11 is 0. The van der Waals surface area contributed by atoms with Crippen molar-refractivity contribution in [2.75, 3.05) is 32.6 Å². The van der Waals surface area contributed by atoms with Crippen LogP contribution in [0, 0.1) is 13.8 Å². The van der Waals surface area contributed by atoms with E-state index in [0.29, 0.717) is 18.0 Å². The number of anilines is 1. The van der Waals surface area contributed by atoms with Crippen LogP contribution in [-0.4, -0.2) is 48.3 Å². The summed E-state index contributed by atoms with van der Waals surface area (Å²) in [5, 5.41) is 9.99. The molecule has 1 aliphatic rings. The van der Waals surface area contributed by atoms with E-state index in [2.05, 4.69) is 20.4 Å². The molecule has 1 amide bonds. The molecule has 1 aliphatic heterocycles. The molecule has 2 aromatic rings. The highest BCUT2D eigenvalue weighted by molar-refractivity contribution is 5.93. The largest absolute Gasteiger partial charge is 0.493 e. The smallest absolute Gasteiger partial charge is 0.238 e. The van der Waals surface area contributed by atoms with Crippen LogP contribution in [0.25, 0.3) is 0 Å². The number of amides is 1. The monoisotopic (exact) mass is 358 g/mol. The Morgan fingerprint density at radius 3 is 2.73 bits per heavy atom. The summed E-state index contributed by atoms with van der Waals surface area (Å²) in [5.41, 5.74) is 3.59. The van der Waals surface area contributed by atoms with E-state index in [1.54, 1.807) is 14.2 Å². The molecule has 0 spiro atoms. The van der Waals surface area contributed by atoms with E-state index in [0.717, 1.165) is 42.0 Å². The van der Waals surface area contributed by atoms with Gasteiger partial charge in [0.2, 0.25) is 5.91 Å². The number of H-pyrrole nitrogens is 1. The molecule has 2 heterocycles. The highest BCUT2D eigenvalue weighted by Gasteiger charge is 2.28. The lowest BCUT2D eigenvalue weighted by Gasteiger charge is -2.25. The summed E-state index contributed by atoms with van der Waals surface area (Å²) in [4.78, 5) is 14.7. The van der Waals surface area contributed by atoms with E-state index in [1.165, 1.54) is 0 Å². The molecule has 0 bridgehead atoms. The number of ether oxygens (including phenoxy) is 2. The molecular formula is C19H26N4O3. The van der Waals surface area contributed by atoms with Gasteiger partial charge in [-0.3, -0.25) is 14.8 Å². The third kappa shape index (κ3) is 3.67. The van der Waals surface area contributed by atoms with E-state index >= 15 is 0 Å². The zero-order valence-corrected chi connectivity index (χ0v) is 15.8. The minimum absolute atomic E-state index is 0.0232. The normalized spacial score (nSPS) is 17.3. The van der Waals surface area contributed by atoms with E-state index in [-0.39, 0.29) is 11.9 Å². The van der Waals surface area contributed by atoms with Gasteiger partial charge in [0, 0.05) is 6.04 Å². The molecule has 3 rings (SSSR count). The maximum atomic E-state index is 12.5. The summed E-state index contributed by atoms with van der Waals surface area (Å²) in [7, 11) is 3.26. The third-order valence-electron chi connectivity index (χ3n) is 4.90. The first-order chi connectivity index (χ1) is 12.5. The van der Waals surface area contributed by atoms with Gasteiger partial charge in [0.1, 0.15) is 0 Å². The highest BCUT2D eigenvalue weighted by atomic mass is 16.5. The number of benzene rings is 1. The highest BCUT2D eigenvalue weighted by Crippen LogP contribution is 2.36. The molecule has 1 aromatic carbocycles. The predicted octanol–water partition coefficient (Wildman–Crippen LogP) is 2.82. The van der Waals surface area contributed by atoms with Gasteiger partial charge < -0.3 is 14.8 Å². The van der Waals surface area contributed by atoms with Crippen LogP contribution >= 0.6 is 0 Å². The molecule has 1 atom stereocenters. The second-order valence-electron chi connectivity index (χ2n) is 6.60. The van der Waals surface area contributed by atoms with Gasteiger partial charge in [-0.25, -0.2) is 0 Å². The van der Waals surface area contributed by atoms with Gasteiger partial charge in [-0.05, 0) is 50.9 Å². The fourth-order valence-corrected chi connectivity index (χ4v) is 3.55. The Bertz CT molecular complexity index is 768. The molecule has 0 saturated carbocycles. The molecule has 0 aliphatic carbocycles. The van der Waals surface area contributed by atoms with Crippen LogP contribution in [0.1, 0.15) is 35.8 Å². The lowest BCUT2D eigenvalue weighted by atomic mass is 10.0. The van der Waals surface area contributed by atoms with Crippen molar-refractivity contribution in [2.45, 2.75) is 32.7 Å². The Kier molecular flexibility index (Phi) is 5.46. The van der Waals surface area contributed by atoms with Crippen molar-refractivity contribution in [3.05, 3.63) is 35.2 Å². The van der Waals surface area contributed by atoms with Gasteiger partial charge in [0.25, 0.3) is 0 Å². The van der Waals surface area contributed by atoms with Crippen molar-refractivity contribution in [1.29, 1.82) is 0 Å². The number of aromatic nitrogens is 2. The number of likely N-dealkylation sites (tertiary alicyclic amines) is 1. The second-order valence-corrected chi connectivity index (χ2v) is 6.60. The lowest BCUT2D eigenvalue weighted by Crippen LogP contribution is -2.33. The molecule has 7 heteroatoms. The number of hydrogen-bond acceptors (Lipinski definition) is 5. The number of nitrogens with zero attached hydrogens (tertiary/aromatic N) is 2. The van der Waals surface area contributed by atoms with E-state index in [1.807, 2.05) is 32.0 Å². The zero-order chi connectivity index (χ0) is 18.7. The summed E-state index contributed by atoms with van der Waals surface area (Å²) in [6, 6.07) is 6.17. The Hall–Kier alpha value is -2.54. The van der Waals surface area contributed by atoms with Crippen molar-refractivity contribution in [3.8, 4) is 11.5 Å². The second kappa shape index (κ2) is 7.78. The van der Waals surface area contributed by atoms with Gasteiger partial charge in [-0.1, -0.05) is 6.07 Å². The SMILES string of the molecule is COc1ccc(C2CCCN2CC(=O)Nc2c(C)n[nH]c2C)cc1OC. The van der Waals surface area contributed by atoms with Crippen LogP contribution in [0.4, 0.5) is 5.69 Å². The minimum atomic E-state index is -0.0232. The number of rotatable bonds is 6. The first kappa shape index (κ1) is 18.3. The zero-order valence-electron chi connectivity index (χ0n) is 15.8. The number of aryl methyl sites for hydroxylation is 2. The van der Waals surface area contributed by atoms with Crippen LogP contribution in [0.5, 0.6) is 11.5 Å². The quantitative estimate of drug-likeness (QED) is 0.830. The standard InChI is InChI=1S/C19H26N4O3/c1-12-19(13(2)22-21-12)20-18(24)11-23-9-5-6-15(23)14-7-8-16(25-3)17(10-14)26-4/h7-8,10,15H,5-6,9,11H2,1-4H3,(H,20,24)(H,21,22). The maximum Gasteiger partial charge on any atom is 0.238 e. The molecule has 2 N–H and O–H groups in total. The number of carbonyl (C=O) groups is 1. The number of carbonyl (C=O) groups excluding carboxylic acids is 1. The fourth-order valence-electron chi connectivity index (χ4n) is 3.55. The maximum absolute atomic E-state index is 12.5. The lowest BCUT2D eigenvalue weighted by molar-refractivity contribution is -0.117. The third-order valence-corrected chi connectivity index (χ3v) is 4.90. The molecule has 7 nitrogen and oxygen atoms in total. The van der Waals surface area contributed by atoms with Crippen molar-refractivity contribution < 1.29 is 14.3 Å². The van der Waals surface area contributed by atoms with Gasteiger partial charge in [-0.15, -0.1) is 0 Å². The summed E-state index contributed by atoms with van der Waals surface area (Å²) in [6.45, 7) is 5.03. The van der Waals surface area contributed by atoms with Gasteiger partial charge in [0.05, 0.1) is 37.8 Å². The van der Waals surface area contributed by atoms with E-state index < -0.39 is 0 Å². The average molecular weight is 358 g/mol. The van der Waals surface area contributed by atoms with Crippen LogP contribution in [0.2, 0.25) is 0 Å². The molecule has 0 radical (unpaired) electrons. The van der Waals surface area contributed by atoms with E-state index in [4.69, 9.17) is 9.47 Å². The Morgan fingerprint density at radius 1 is 1.31 bits per heavy atom. The Morgan fingerprint density at radius 2 is 2.08 bits per heavy atom. The summed E-state index contributed by atoms with van der Waals surface area (Å²) in [6.07, 6.45) is 2.09. The Balaban J connectivity index is 1.71. The van der Waals surface area contributed by atoms with Crippen LogP contribution in [0.3, 0.4) is 0 Å². The number of methoxy groups -OCH3 is 2. The van der Waals surface area contributed by atoms with Crippen LogP contribution in [-0.2, 0) is 4.79 Å². The van der Waals surface area contributed by atoms with Crippen LogP contribution in [0.15, 0.2) is 18.2 Å². The molecule has 1 aromatic heterocycles.